The van der Waals surface area contributed by atoms with Crippen LogP contribution in [0.25, 0.3) is 43.6 Å². The van der Waals surface area contributed by atoms with Crippen molar-refractivity contribution in [3.63, 3.8) is 0 Å². The highest BCUT2D eigenvalue weighted by molar-refractivity contribution is 5.99. The average molecular weight is 1410 g/mol. The van der Waals surface area contributed by atoms with Gasteiger partial charge in [0, 0.05) is 69.7 Å². The highest BCUT2D eigenvalue weighted by Gasteiger charge is 2.46. The molecule has 3 aromatic heterocycles. The molecule has 1 aliphatic carbocycles. The predicted octanol–water partition coefficient (Wildman–Crippen LogP) is 6.31. The molecular weight excluding hydrogens is 1310 g/mol. The number of ether oxygens (including phenoxy) is 11. The monoisotopic (exact) mass is 1410 g/mol. The minimum absolute atomic E-state index is 0.0376. The second-order valence-corrected chi connectivity index (χ2v) is 24.4. The number of hydrogen-bond acceptors (Lipinski definition) is 21. The van der Waals surface area contributed by atoms with Crippen LogP contribution in [-0.4, -0.2) is 201 Å². The summed E-state index contributed by atoms with van der Waals surface area (Å²) in [6, 6.07) is 14.6. The number of azide groups is 1. The van der Waals surface area contributed by atoms with Crippen LogP contribution in [0.2, 0.25) is 0 Å². The van der Waals surface area contributed by atoms with Crippen LogP contribution in [0.15, 0.2) is 76.8 Å². The Balaban J connectivity index is 0.695. The van der Waals surface area contributed by atoms with E-state index in [2.05, 4.69) is 41.6 Å². The van der Waals surface area contributed by atoms with E-state index in [9.17, 15) is 33.9 Å². The number of amides is 4. The smallest absolute Gasteiger partial charge is 0.407 e. The van der Waals surface area contributed by atoms with Crippen molar-refractivity contribution in [1.82, 2.24) is 35.8 Å². The van der Waals surface area contributed by atoms with E-state index in [0.717, 1.165) is 28.5 Å². The summed E-state index contributed by atoms with van der Waals surface area (Å²) in [6.45, 7) is 10.7. The van der Waals surface area contributed by atoms with Crippen molar-refractivity contribution in [2.24, 2.45) is 5.11 Å². The summed E-state index contributed by atoms with van der Waals surface area (Å²) in [4.78, 5) is 93.7. The Morgan fingerprint density at radius 1 is 0.792 bits per heavy atom. The summed E-state index contributed by atoms with van der Waals surface area (Å²) in [5.74, 6) is -2.74. The average Bonchev–Trinajstić information content (AvgIpc) is 1.63. The minimum Gasteiger partial charge on any atom is -0.458 e. The molecule has 3 aliphatic rings. The first-order valence-electron chi connectivity index (χ1n) is 34.4. The van der Waals surface area contributed by atoms with Gasteiger partial charge in [-0.3, -0.25) is 19.2 Å². The Bertz CT molecular complexity index is 3870. The Labute approximate surface area is 584 Å². The molecule has 4 atom stereocenters. The van der Waals surface area contributed by atoms with Crippen LogP contribution in [0.4, 0.5) is 14.9 Å². The fourth-order valence-electron chi connectivity index (χ4n) is 12.3. The zero-order chi connectivity index (χ0) is 71.4. The molecule has 29 nitrogen and oxygen atoms in total. The van der Waals surface area contributed by atoms with Gasteiger partial charge in [0.25, 0.3) is 5.56 Å². The number of rotatable bonds is 46. The van der Waals surface area contributed by atoms with E-state index in [1.807, 2.05) is 31.3 Å². The van der Waals surface area contributed by atoms with Crippen molar-refractivity contribution < 1.29 is 85.6 Å². The first kappa shape index (κ1) is 76.7. The molecule has 5 heterocycles. The van der Waals surface area contributed by atoms with E-state index < -0.39 is 64.9 Å². The van der Waals surface area contributed by atoms with E-state index in [4.69, 9.17) is 62.6 Å². The third-order valence-corrected chi connectivity index (χ3v) is 17.7. The molecule has 9 rings (SSSR count). The number of aliphatic hydroxyl groups is 1. The Morgan fingerprint density at radius 3 is 2.04 bits per heavy atom. The Kier molecular flexibility index (Phi) is 30.1. The maximum Gasteiger partial charge on any atom is 0.407 e. The normalized spacial score (nSPS) is 15.7. The molecule has 101 heavy (non-hydrogen) atoms. The quantitative estimate of drug-likeness (QED) is 0.00722. The first-order valence-corrected chi connectivity index (χ1v) is 34.4. The summed E-state index contributed by atoms with van der Waals surface area (Å²) < 4.78 is 77.7. The summed E-state index contributed by atoms with van der Waals surface area (Å²) in [7, 11) is 1.83. The van der Waals surface area contributed by atoms with E-state index >= 15 is 4.39 Å². The number of cyclic esters (lactones) is 1. The fourth-order valence-corrected chi connectivity index (χ4v) is 12.3. The van der Waals surface area contributed by atoms with Gasteiger partial charge < -0.3 is 93.3 Å². The molecule has 0 radical (unpaired) electrons. The number of carbonyl (C=O) groups is 5. The number of anilines is 1. The van der Waals surface area contributed by atoms with Gasteiger partial charge in [-0.25, -0.2) is 19.0 Å². The number of nitrogens with one attached hydrogen (secondary N) is 6. The second-order valence-electron chi connectivity index (χ2n) is 24.4. The highest BCUT2D eigenvalue weighted by atomic mass is 19.1. The number of unbranched alkanes of at least 4 members (excludes halogenated alkanes) is 1. The van der Waals surface area contributed by atoms with Crippen molar-refractivity contribution in [3.05, 3.63) is 138 Å². The highest BCUT2D eigenvalue weighted by Crippen LogP contribution is 2.46. The number of nitrogens with zero attached hydrogens (tertiary/aromatic N) is 5. The van der Waals surface area contributed by atoms with Crippen LogP contribution in [0.1, 0.15) is 96.0 Å². The van der Waals surface area contributed by atoms with Crippen molar-refractivity contribution in [2.45, 2.75) is 109 Å². The third kappa shape index (κ3) is 21.3. The number of H-pyrrole nitrogens is 1. The molecule has 546 valence electrons. The van der Waals surface area contributed by atoms with Gasteiger partial charge in [0.1, 0.15) is 31.1 Å². The van der Waals surface area contributed by atoms with Crippen molar-refractivity contribution in [1.29, 1.82) is 0 Å². The second kappa shape index (κ2) is 39.6. The molecule has 6 aromatic rings. The molecule has 0 unspecified atom stereocenters. The molecule has 0 spiro atoms. The largest absolute Gasteiger partial charge is 0.458 e. The number of para-hydroxylation sites is 1. The van der Waals surface area contributed by atoms with E-state index in [1.54, 1.807) is 50.4 Å². The third-order valence-electron chi connectivity index (χ3n) is 17.7. The lowest BCUT2D eigenvalue weighted by molar-refractivity contribution is -0.172. The van der Waals surface area contributed by atoms with Gasteiger partial charge >= 0.3 is 12.1 Å². The molecule has 0 bridgehead atoms. The summed E-state index contributed by atoms with van der Waals surface area (Å²) in [5, 5.41) is 31.3. The summed E-state index contributed by atoms with van der Waals surface area (Å²) in [6.07, 6.45) is 3.54. The predicted molar refractivity (Wildman–Crippen MR) is 368 cm³/mol. The van der Waals surface area contributed by atoms with E-state index in [-0.39, 0.29) is 70.0 Å². The summed E-state index contributed by atoms with van der Waals surface area (Å²) in [5.41, 5.74) is 12.3. The van der Waals surface area contributed by atoms with Gasteiger partial charge in [-0.2, -0.15) is 0 Å². The SMILES string of the molecule is CC[C@@]1(O)C(=O)OCc2c1cc1n(c2=O)Cc2c-1nc1cc(F)c(C)c3c1c2[C@@H](NC(=O)OCc1ccc(NC(=O)[C@@H](CCCCNC)NC(=O)[C@H](Cc2c[nH]c4ccccc24)NC(=O)CCOCCOCCOCCOCCOCCOCCOCCOCCOCCN=[N+]=[N-])cc1)CC3. The Morgan fingerprint density at radius 2 is 1.42 bits per heavy atom. The number of benzene rings is 3. The number of aromatic amines is 1. The number of aromatic nitrogens is 3. The number of esters is 1. The van der Waals surface area contributed by atoms with Crippen molar-refractivity contribution in [3.8, 4) is 11.4 Å². The fraction of sp³-hybridized carbons (Fsp3) is 0.535. The minimum atomic E-state index is -2.04. The molecule has 0 saturated heterocycles. The molecule has 30 heteroatoms. The van der Waals surface area contributed by atoms with Crippen LogP contribution < -0.4 is 32.1 Å². The molecule has 2 aliphatic heterocycles. The first-order chi connectivity index (χ1) is 49.2. The molecular formula is C71H92FN11O18. The maximum atomic E-state index is 15.5. The zero-order valence-electron chi connectivity index (χ0n) is 57.5. The van der Waals surface area contributed by atoms with Gasteiger partial charge in [0.05, 0.1) is 154 Å². The maximum absolute atomic E-state index is 15.5. The van der Waals surface area contributed by atoms with Gasteiger partial charge in [-0.1, -0.05) is 42.4 Å². The van der Waals surface area contributed by atoms with Gasteiger partial charge in [0.15, 0.2) is 5.60 Å². The Hall–Kier alpha value is -8.49. The number of pyridine rings is 2. The lowest BCUT2D eigenvalue weighted by Crippen LogP contribution is -2.53. The standard InChI is InChI=1S/C71H92FN11O18/c1-4-71(90)54-40-61-65-52(43-83(61)68(87)53(54)45-100-69(71)88)64-57(17-16-50-46(2)55(72)41-59(79-65)63(50)64)81-70(89)101-44-47-12-14-49(15-13-47)77-66(85)58(11-7-8-19-74-3)80-67(86)60(39-48-42-75-56-10-6-5-9-51(48)56)78-62(84)18-21-91-23-25-93-27-29-95-31-33-97-35-37-99-38-36-98-34-32-96-30-28-94-26-24-92-22-20-76-82-73/h5-6,9-10,12-15,40-42,57-58,60,74-75,90H,4,7-8,11,16-39,43-45H2,1-3H3,(H,77,85)(H,78,84)(H,80,86)(H,81,89)/t57-,58+,60-,71-/m0/s1. The van der Waals surface area contributed by atoms with Gasteiger partial charge in [-0.05, 0) is 117 Å². The number of alkyl carbamates (subject to hydrolysis) is 1. The van der Waals surface area contributed by atoms with Crippen LogP contribution in [-0.2, 0) is 109 Å². The lowest BCUT2D eigenvalue weighted by atomic mass is 9.81. The van der Waals surface area contributed by atoms with Crippen LogP contribution >= 0.6 is 0 Å². The van der Waals surface area contributed by atoms with Gasteiger partial charge in [0.2, 0.25) is 17.7 Å². The lowest BCUT2D eigenvalue weighted by Gasteiger charge is -2.31. The molecule has 3 aromatic carbocycles. The van der Waals surface area contributed by atoms with Gasteiger partial charge in [-0.15, -0.1) is 0 Å². The number of fused-ring (bicyclic) bond motifs is 6. The molecule has 0 fully saturated rings. The molecule has 0 saturated carbocycles. The van der Waals surface area contributed by atoms with Crippen LogP contribution in [0, 0.1) is 12.7 Å². The van der Waals surface area contributed by atoms with Crippen molar-refractivity contribution in [2.75, 3.05) is 144 Å². The number of hydrogen-bond donors (Lipinski definition) is 7. The number of carbonyl (C=O) groups excluding carboxylic acids is 5. The van der Waals surface area contributed by atoms with Crippen LogP contribution in [0.5, 0.6) is 0 Å². The molecule has 7 N–H and O–H groups in total. The van der Waals surface area contributed by atoms with E-state index in [0.29, 0.717) is 188 Å². The van der Waals surface area contributed by atoms with Crippen molar-refractivity contribution >= 4 is 57.3 Å². The number of aryl methyl sites for hydroxylation is 1. The number of halogens is 1. The topological polar surface area (TPSA) is 367 Å². The zero-order valence-corrected chi connectivity index (χ0v) is 57.5. The van der Waals surface area contributed by atoms with E-state index in [1.165, 1.54) is 10.6 Å². The summed E-state index contributed by atoms with van der Waals surface area (Å²) >= 11 is 0. The molecule has 4 amide bonds. The van der Waals surface area contributed by atoms with Crippen LogP contribution in [0.3, 0.4) is 0 Å².